The first kappa shape index (κ1) is 11.2. The van der Waals surface area contributed by atoms with Gasteiger partial charge in [-0.2, -0.15) is 0 Å². The lowest BCUT2D eigenvalue weighted by Gasteiger charge is -2.16. The highest BCUT2D eigenvalue weighted by Crippen LogP contribution is 2.24. The molecular weight excluding hydrogens is 176 g/mol. The summed E-state index contributed by atoms with van der Waals surface area (Å²) >= 11 is 0. The molecular formula is C11H20N2O. The molecule has 14 heavy (non-hydrogen) atoms. The van der Waals surface area contributed by atoms with E-state index in [-0.39, 0.29) is 12.0 Å². The second-order valence-electron chi connectivity index (χ2n) is 4.74. The van der Waals surface area contributed by atoms with E-state index in [4.69, 9.17) is 5.11 Å². The molecule has 1 rings (SSSR count). The first-order valence-corrected chi connectivity index (χ1v) is 5.01. The third-order valence-corrected chi connectivity index (χ3v) is 2.52. The number of aromatic nitrogens is 2. The van der Waals surface area contributed by atoms with Crippen LogP contribution in [0.1, 0.15) is 38.0 Å². The Hall–Kier alpha value is -0.830. The normalized spacial score (nSPS) is 12.1. The van der Waals surface area contributed by atoms with Crippen LogP contribution >= 0.6 is 0 Å². The van der Waals surface area contributed by atoms with Gasteiger partial charge in [0.1, 0.15) is 5.82 Å². The summed E-state index contributed by atoms with van der Waals surface area (Å²) in [4.78, 5) is 4.57. The molecule has 0 aliphatic heterocycles. The smallest absolute Gasteiger partial charge is 0.111 e. The molecule has 80 valence electrons. The molecule has 0 aliphatic rings. The number of nitrogens with zero attached hydrogens (tertiary/aromatic N) is 2. The van der Waals surface area contributed by atoms with Gasteiger partial charge in [0.2, 0.25) is 0 Å². The van der Waals surface area contributed by atoms with Gasteiger partial charge in [0.05, 0.1) is 12.3 Å². The van der Waals surface area contributed by atoms with E-state index in [1.165, 1.54) is 5.69 Å². The minimum absolute atomic E-state index is 0.0789. The molecule has 0 fully saturated rings. The van der Waals surface area contributed by atoms with Gasteiger partial charge >= 0.3 is 0 Å². The summed E-state index contributed by atoms with van der Waals surface area (Å²) in [5.41, 5.74) is 2.40. The van der Waals surface area contributed by atoms with E-state index in [1.54, 1.807) is 0 Å². The number of rotatable bonds is 2. The summed E-state index contributed by atoms with van der Waals surface area (Å²) in [5.74, 6) is 0.968. The number of imidazole rings is 1. The third kappa shape index (κ3) is 1.98. The van der Waals surface area contributed by atoms with Crippen LogP contribution in [0.2, 0.25) is 0 Å². The van der Waals surface area contributed by atoms with Crippen molar-refractivity contribution >= 4 is 0 Å². The van der Waals surface area contributed by atoms with Crippen molar-refractivity contribution in [3.05, 3.63) is 17.2 Å². The molecule has 3 heteroatoms. The summed E-state index contributed by atoms with van der Waals surface area (Å²) in [6, 6.07) is 0. The van der Waals surface area contributed by atoms with Crippen molar-refractivity contribution in [2.75, 3.05) is 6.61 Å². The summed E-state index contributed by atoms with van der Waals surface area (Å²) in [7, 11) is 2.00. The highest BCUT2D eigenvalue weighted by Gasteiger charge is 2.22. The quantitative estimate of drug-likeness (QED) is 0.779. The lowest BCUT2D eigenvalue weighted by atomic mass is 9.91. The largest absolute Gasteiger partial charge is 0.396 e. The Morgan fingerprint density at radius 1 is 1.36 bits per heavy atom. The zero-order valence-corrected chi connectivity index (χ0v) is 9.76. The zero-order valence-electron chi connectivity index (χ0n) is 9.76. The summed E-state index contributed by atoms with van der Waals surface area (Å²) < 4.78 is 2.07. The molecule has 0 saturated heterocycles. The van der Waals surface area contributed by atoms with Crippen LogP contribution in [0, 0.1) is 6.92 Å². The average Bonchev–Trinajstić information content (AvgIpc) is 2.32. The highest BCUT2D eigenvalue weighted by atomic mass is 16.3. The third-order valence-electron chi connectivity index (χ3n) is 2.52. The first-order valence-electron chi connectivity index (χ1n) is 5.01. The zero-order chi connectivity index (χ0) is 10.9. The monoisotopic (exact) mass is 196 g/mol. The van der Waals surface area contributed by atoms with Crippen molar-refractivity contribution in [1.29, 1.82) is 0 Å². The molecule has 0 spiro atoms. The van der Waals surface area contributed by atoms with E-state index in [9.17, 15) is 0 Å². The minimum Gasteiger partial charge on any atom is -0.396 e. The van der Waals surface area contributed by atoms with Gasteiger partial charge in [0.15, 0.2) is 0 Å². The van der Waals surface area contributed by atoms with Crippen molar-refractivity contribution in [2.45, 2.75) is 39.5 Å². The van der Waals surface area contributed by atoms with Crippen LogP contribution in [0.25, 0.3) is 0 Å². The molecule has 1 aromatic heterocycles. The van der Waals surface area contributed by atoms with Gasteiger partial charge in [-0.3, -0.25) is 0 Å². The average molecular weight is 196 g/mol. The van der Waals surface area contributed by atoms with E-state index >= 15 is 0 Å². The van der Waals surface area contributed by atoms with Crippen molar-refractivity contribution in [3.63, 3.8) is 0 Å². The Labute approximate surface area is 85.8 Å². The van der Waals surface area contributed by atoms with Crippen LogP contribution in [0.15, 0.2) is 0 Å². The number of aliphatic hydroxyl groups excluding tert-OH is 1. The van der Waals surface area contributed by atoms with Crippen LogP contribution in [0.3, 0.4) is 0 Å². The Balaban J connectivity index is 3.15. The maximum absolute atomic E-state index is 8.89. The lowest BCUT2D eigenvalue weighted by Crippen LogP contribution is -2.13. The minimum atomic E-state index is 0.0789. The summed E-state index contributed by atoms with van der Waals surface area (Å²) in [5, 5.41) is 8.89. The predicted octanol–water partition coefficient (Wildman–Crippen LogP) is 1.56. The van der Waals surface area contributed by atoms with E-state index in [0.717, 1.165) is 11.5 Å². The van der Waals surface area contributed by atoms with Crippen LogP contribution in [-0.4, -0.2) is 21.3 Å². The highest BCUT2D eigenvalue weighted by molar-refractivity contribution is 5.22. The topological polar surface area (TPSA) is 38.1 Å². The van der Waals surface area contributed by atoms with Crippen molar-refractivity contribution in [2.24, 2.45) is 7.05 Å². The standard InChI is InChI=1S/C11H20N2O/c1-8-10(11(2,3)4)12-9(6-7-14)13(8)5/h14H,6-7H2,1-5H3. The fourth-order valence-electron chi connectivity index (χ4n) is 1.67. The lowest BCUT2D eigenvalue weighted by molar-refractivity contribution is 0.295. The molecule has 0 amide bonds. The van der Waals surface area contributed by atoms with Crippen LogP contribution in [0.5, 0.6) is 0 Å². The Kier molecular flexibility index (Phi) is 3.00. The Bertz CT molecular complexity index is 321. The van der Waals surface area contributed by atoms with Gasteiger partial charge in [-0.25, -0.2) is 4.98 Å². The van der Waals surface area contributed by atoms with Crippen molar-refractivity contribution in [3.8, 4) is 0 Å². The number of hydrogen-bond acceptors (Lipinski definition) is 2. The molecule has 0 saturated carbocycles. The molecule has 0 aliphatic carbocycles. The van der Waals surface area contributed by atoms with Gasteiger partial charge < -0.3 is 9.67 Å². The molecule has 0 radical (unpaired) electrons. The van der Waals surface area contributed by atoms with Gasteiger partial charge in [-0.15, -0.1) is 0 Å². The molecule has 1 N–H and O–H groups in total. The Morgan fingerprint density at radius 2 is 1.93 bits per heavy atom. The SMILES string of the molecule is Cc1c(C(C)(C)C)nc(CCO)n1C. The maximum atomic E-state index is 8.89. The Morgan fingerprint density at radius 3 is 2.29 bits per heavy atom. The molecule has 0 unspecified atom stereocenters. The maximum Gasteiger partial charge on any atom is 0.111 e. The van der Waals surface area contributed by atoms with E-state index in [2.05, 4.69) is 37.2 Å². The van der Waals surface area contributed by atoms with Crippen LogP contribution < -0.4 is 0 Å². The van der Waals surface area contributed by atoms with Gasteiger partial charge in [0.25, 0.3) is 0 Å². The summed E-state index contributed by atoms with van der Waals surface area (Å²) in [6.45, 7) is 8.71. The second kappa shape index (κ2) is 3.73. The fraction of sp³-hybridized carbons (Fsp3) is 0.727. The molecule has 3 nitrogen and oxygen atoms in total. The van der Waals surface area contributed by atoms with E-state index in [1.807, 2.05) is 7.05 Å². The molecule has 0 atom stereocenters. The van der Waals surface area contributed by atoms with E-state index < -0.39 is 0 Å². The van der Waals surface area contributed by atoms with Gasteiger partial charge in [-0.05, 0) is 6.92 Å². The molecule has 0 aromatic carbocycles. The van der Waals surface area contributed by atoms with Gasteiger partial charge in [-0.1, -0.05) is 20.8 Å². The molecule has 1 aromatic rings. The molecule has 0 bridgehead atoms. The summed E-state index contributed by atoms with van der Waals surface area (Å²) in [6.07, 6.45) is 0.632. The number of aliphatic hydroxyl groups is 1. The first-order chi connectivity index (χ1) is 6.38. The number of hydrogen-bond donors (Lipinski definition) is 1. The van der Waals surface area contributed by atoms with Crippen LogP contribution in [0.4, 0.5) is 0 Å². The van der Waals surface area contributed by atoms with E-state index in [0.29, 0.717) is 6.42 Å². The fourth-order valence-corrected chi connectivity index (χ4v) is 1.67. The molecule has 1 heterocycles. The van der Waals surface area contributed by atoms with Crippen LogP contribution in [-0.2, 0) is 18.9 Å². The van der Waals surface area contributed by atoms with Gasteiger partial charge in [0, 0.05) is 24.6 Å². The predicted molar refractivity (Wildman–Crippen MR) is 57.4 cm³/mol. The van der Waals surface area contributed by atoms with Crippen molar-refractivity contribution in [1.82, 2.24) is 9.55 Å². The van der Waals surface area contributed by atoms with Crippen molar-refractivity contribution < 1.29 is 5.11 Å². The second-order valence-corrected chi connectivity index (χ2v) is 4.74.